The van der Waals surface area contributed by atoms with Gasteiger partial charge in [-0.1, -0.05) is 30.3 Å². The Morgan fingerprint density at radius 1 is 1.05 bits per heavy atom. The molecule has 0 fully saturated rings. The molecule has 112 valence electrons. The van der Waals surface area contributed by atoms with Crippen LogP contribution in [0.4, 0.5) is 8.78 Å². The summed E-state index contributed by atoms with van der Waals surface area (Å²) < 4.78 is 34.7. The first-order chi connectivity index (χ1) is 10.1. The fourth-order valence-electron chi connectivity index (χ4n) is 1.97. The summed E-state index contributed by atoms with van der Waals surface area (Å²) >= 11 is 6.38. The van der Waals surface area contributed by atoms with Crippen LogP contribution in [0, 0.1) is 0 Å². The van der Waals surface area contributed by atoms with E-state index in [2.05, 4.69) is 4.74 Å². The standard InChI is InChI=1S/C16H15ClF2O2/c1-2-20-12-9-7-11(8-10-12)15(17)13-5-3-4-6-14(13)21-16(18)19/h3-10,15-16H,2H2,1H3. The Morgan fingerprint density at radius 2 is 1.71 bits per heavy atom. The predicted molar refractivity (Wildman–Crippen MR) is 78.4 cm³/mol. The number of benzene rings is 2. The molecule has 5 heteroatoms. The lowest BCUT2D eigenvalue weighted by Gasteiger charge is -2.15. The smallest absolute Gasteiger partial charge is 0.387 e. The SMILES string of the molecule is CCOc1ccc(C(Cl)c2ccccc2OC(F)F)cc1. The van der Waals surface area contributed by atoms with E-state index in [1.807, 2.05) is 19.1 Å². The molecule has 21 heavy (non-hydrogen) atoms. The second kappa shape index (κ2) is 7.27. The summed E-state index contributed by atoms with van der Waals surface area (Å²) in [5, 5.41) is -0.573. The fraction of sp³-hybridized carbons (Fsp3) is 0.250. The molecule has 1 unspecified atom stereocenters. The van der Waals surface area contributed by atoms with Crippen LogP contribution in [0.5, 0.6) is 11.5 Å². The van der Waals surface area contributed by atoms with Crippen LogP contribution < -0.4 is 9.47 Å². The van der Waals surface area contributed by atoms with Gasteiger partial charge in [0, 0.05) is 5.56 Å². The summed E-state index contributed by atoms with van der Waals surface area (Å²) in [4.78, 5) is 0. The van der Waals surface area contributed by atoms with E-state index in [1.54, 1.807) is 30.3 Å². The van der Waals surface area contributed by atoms with E-state index in [4.69, 9.17) is 16.3 Å². The summed E-state index contributed by atoms with van der Waals surface area (Å²) in [6.45, 7) is -0.402. The summed E-state index contributed by atoms with van der Waals surface area (Å²) in [5.74, 6) is 0.823. The summed E-state index contributed by atoms with van der Waals surface area (Å²) in [5.41, 5.74) is 1.29. The molecule has 0 bridgehead atoms. The molecule has 2 aromatic carbocycles. The first kappa shape index (κ1) is 15.6. The van der Waals surface area contributed by atoms with Crippen molar-refractivity contribution in [1.82, 2.24) is 0 Å². The maximum atomic E-state index is 12.4. The highest BCUT2D eigenvalue weighted by Crippen LogP contribution is 2.36. The van der Waals surface area contributed by atoms with Crippen molar-refractivity contribution in [3.8, 4) is 11.5 Å². The van der Waals surface area contributed by atoms with E-state index in [1.165, 1.54) is 6.07 Å². The monoisotopic (exact) mass is 312 g/mol. The zero-order valence-electron chi connectivity index (χ0n) is 11.4. The lowest BCUT2D eigenvalue weighted by Crippen LogP contribution is -2.05. The van der Waals surface area contributed by atoms with E-state index >= 15 is 0 Å². The minimum Gasteiger partial charge on any atom is -0.494 e. The van der Waals surface area contributed by atoms with Gasteiger partial charge in [0.05, 0.1) is 12.0 Å². The van der Waals surface area contributed by atoms with Gasteiger partial charge in [0.15, 0.2) is 0 Å². The quantitative estimate of drug-likeness (QED) is 0.698. The summed E-state index contributed by atoms with van der Waals surface area (Å²) in [6, 6.07) is 13.7. The summed E-state index contributed by atoms with van der Waals surface area (Å²) in [6.07, 6.45) is 0. The first-order valence-electron chi connectivity index (χ1n) is 6.52. The van der Waals surface area contributed by atoms with Crippen molar-refractivity contribution >= 4 is 11.6 Å². The molecule has 0 radical (unpaired) electrons. The van der Waals surface area contributed by atoms with Gasteiger partial charge in [0.2, 0.25) is 0 Å². The van der Waals surface area contributed by atoms with Crippen molar-refractivity contribution < 1.29 is 18.3 Å². The van der Waals surface area contributed by atoms with Crippen LogP contribution in [0.15, 0.2) is 48.5 Å². The Kier molecular flexibility index (Phi) is 5.39. The van der Waals surface area contributed by atoms with Crippen LogP contribution in [0.1, 0.15) is 23.4 Å². The number of hydrogen-bond acceptors (Lipinski definition) is 2. The zero-order valence-corrected chi connectivity index (χ0v) is 12.2. The van der Waals surface area contributed by atoms with E-state index in [-0.39, 0.29) is 5.75 Å². The van der Waals surface area contributed by atoms with Crippen molar-refractivity contribution in [2.45, 2.75) is 18.9 Å². The molecule has 0 aliphatic carbocycles. The first-order valence-corrected chi connectivity index (χ1v) is 6.96. The van der Waals surface area contributed by atoms with Crippen molar-refractivity contribution in [3.63, 3.8) is 0 Å². The highest BCUT2D eigenvalue weighted by atomic mass is 35.5. The average molecular weight is 313 g/mol. The number of para-hydroxylation sites is 1. The molecule has 0 aliphatic rings. The van der Waals surface area contributed by atoms with Gasteiger partial charge in [-0.05, 0) is 30.7 Å². The highest BCUT2D eigenvalue weighted by Gasteiger charge is 2.17. The average Bonchev–Trinajstić information content (AvgIpc) is 2.48. The Balaban J connectivity index is 2.24. The molecule has 0 amide bonds. The molecule has 2 nitrogen and oxygen atoms in total. The van der Waals surface area contributed by atoms with Crippen LogP contribution in [0.2, 0.25) is 0 Å². The largest absolute Gasteiger partial charge is 0.494 e. The van der Waals surface area contributed by atoms with Crippen LogP contribution in [-0.4, -0.2) is 13.2 Å². The highest BCUT2D eigenvalue weighted by molar-refractivity contribution is 6.22. The second-order valence-corrected chi connectivity index (χ2v) is 4.72. The van der Waals surface area contributed by atoms with Gasteiger partial charge in [-0.15, -0.1) is 11.6 Å². The third kappa shape index (κ3) is 4.08. The maximum Gasteiger partial charge on any atom is 0.387 e. The van der Waals surface area contributed by atoms with E-state index < -0.39 is 12.0 Å². The molecular formula is C16H15ClF2O2. The summed E-state index contributed by atoms with van der Waals surface area (Å²) in [7, 11) is 0. The number of hydrogen-bond donors (Lipinski definition) is 0. The molecule has 2 rings (SSSR count). The minimum atomic E-state index is -2.88. The number of ether oxygens (including phenoxy) is 2. The molecular weight excluding hydrogens is 298 g/mol. The van der Waals surface area contributed by atoms with Gasteiger partial charge in [-0.2, -0.15) is 8.78 Å². The number of rotatable bonds is 6. The molecule has 0 aliphatic heterocycles. The Labute approximate surface area is 127 Å². The molecule has 0 heterocycles. The van der Waals surface area contributed by atoms with Gasteiger partial charge >= 0.3 is 6.61 Å². The zero-order chi connectivity index (χ0) is 15.2. The van der Waals surface area contributed by atoms with E-state index in [0.29, 0.717) is 12.2 Å². The van der Waals surface area contributed by atoms with Crippen LogP contribution in [-0.2, 0) is 0 Å². The number of alkyl halides is 3. The van der Waals surface area contributed by atoms with Gasteiger partial charge in [-0.25, -0.2) is 0 Å². The van der Waals surface area contributed by atoms with E-state index in [9.17, 15) is 8.78 Å². The second-order valence-electron chi connectivity index (χ2n) is 4.28. The third-order valence-electron chi connectivity index (χ3n) is 2.89. The number of halogens is 3. The maximum absolute atomic E-state index is 12.4. The van der Waals surface area contributed by atoms with Gasteiger partial charge in [-0.3, -0.25) is 0 Å². The van der Waals surface area contributed by atoms with Gasteiger partial charge in [0.1, 0.15) is 11.5 Å². The molecule has 0 aromatic heterocycles. The molecule has 0 saturated carbocycles. The third-order valence-corrected chi connectivity index (χ3v) is 3.38. The lowest BCUT2D eigenvalue weighted by molar-refractivity contribution is -0.0504. The van der Waals surface area contributed by atoms with Crippen molar-refractivity contribution in [3.05, 3.63) is 59.7 Å². The minimum absolute atomic E-state index is 0.0846. The predicted octanol–water partition coefficient (Wildman–Crippen LogP) is 5.01. The normalized spacial score (nSPS) is 12.2. The van der Waals surface area contributed by atoms with Gasteiger partial charge in [0.25, 0.3) is 0 Å². The Bertz CT molecular complexity index is 573. The van der Waals surface area contributed by atoms with Crippen LogP contribution in [0.25, 0.3) is 0 Å². The van der Waals surface area contributed by atoms with Crippen molar-refractivity contribution in [1.29, 1.82) is 0 Å². The van der Waals surface area contributed by atoms with Crippen molar-refractivity contribution in [2.75, 3.05) is 6.61 Å². The Hall–Kier alpha value is -1.81. The lowest BCUT2D eigenvalue weighted by atomic mass is 10.0. The fourth-order valence-corrected chi connectivity index (χ4v) is 2.30. The van der Waals surface area contributed by atoms with E-state index in [0.717, 1.165) is 11.3 Å². The molecule has 0 saturated heterocycles. The molecule has 1 atom stereocenters. The molecule has 0 N–H and O–H groups in total. The molecule has 2 aromatic rings. The van der Waals surface area contributed by atoms with Crippen molar-refractivity contribution in [2.24, 2.45) is 0 Å². The molecule has 0 spiro atoms. The Morgan fingerprint density at radius 3 is 2.33 bits per heavy atom. The van der Waals surface area contributed by atoms with Crippen LogP contribution >= 0.6 is 11.6 Å². The van der Waals surface area contributed by atoms with Crippen LogP contribution in [0.3, 0.4) is 0 Å². The van der Waals surface area contributed by atoms with Gasteiger partial charge < -0.3 is 9.47 Å². The topological polar surface area (TPSA) is 18.5 Å².